The molecular weight excluding hydrogens is 420 g/mol. The lowest BCUT2D eigenvalue weighted by Crippen LogP contribution is -2.39. The van der Waals surface area contributed by atoms with Gasteiger partial charge in [-0.15, -0.1) is 11.3 Å². The van der Waals surface area contributed by atoms with Crippen molar-refractivity contribution in [1.82, 2.24) is 24.2 Å². The minimum absolute atomic E-state index is 0.174. The molecule has 0 amide bonds. The van der Waals surface area contributed by atoms with E-state index < -0.39 is 34.6 Å². The number of aryl methyl sites for hydroxylation is 2. The second kappa shape index (κ2) is 7.27. The van der Waals surface area contributed by atoms with Crippen molar-refractivity contribution in [2.24, 2.45) is 0 Å². The molecule has 5 N–H and O–H groups in total. The Hall–Kier alpha value is -2.16. The summed E-state index contributed by atoms with van der Waals surface area (Å²) in [5.41, 5.74) is 6.44. The van der Waals surface area contributed by atoms with E-state index in [0.717, 1.165) is 4.88 Å². The zero-order valence-corrected chi connectivity index (χ0v) is 17.2. The number of imidazole rings is 1. The van der Waals surface area contributed by atoms with E-state index in [1.165, 1.54) is 28.6 Å². The van der Waals surface area contributed by atoms with E-state index in [1.807, 2.05) is 6.92 Å². The lowest BCUT2D eigenvalue weighted by molar-refractivity contribution is -0.0330. The number of nitrogen functional groups attached to an aromatic ring is 1. The van der Waals surface area contributed by atoms with Crippen LogP contribution in [0.25, 0.3) is 11.2 Å². The normalized spacial score (nSPS) is 25.1. The summed E-state index contributed by atoms with van der Waals surface area (Å²) in [6.07, 6.45) is -1.98. The number of hydrogen-bond acceptors (Lipinski definition) is 10. The molecular formula is C16H20N6O5S2. The molecule has 0 bridgehead atoms. The first-order chi connectivity index (χ1) is 13.7. The molecule has 4 heterocycles. The molecule has 0 spiro atoms. The van der Waals surface area contributed by atoms with E-state index in [9.17, 15) is 18.6 Å². The van der Waals surface area contributed by atoms with E-state index in [0.29, 0.717) is 16.0 Å². The Labute approximate surface area is 170 Å². The number of aliphatic hydroxyl groups is 2. The van der Waals surface area contributed by atoms with Gasteiger partial charge in [-0.1, -0.05) is 0 Å². The number of nitrogens with two attached hydrogens (primary N) is 1. The molecule has 4 rings (SSSR count). The minimum atomic E-state index is -3.78. The van der Waals surface area contributed by atoms with E-state index in [4.69, 9.17) is 10.5 Å². The first-order valence-electron chi connectivity index (χ1n) is 8.70. The number of fused-ring (bicyclic) bond motifs is 1. The molecule has 156 valence electrons. The topological polar surface area (TPSA) is 165 Å². The maximum Gasteiger partial charge on any atom is 0.241 e. The molecule has 3 aromatic heterocycles. The van der Waals surface area contributed by atoms with Gasteiger partial charge in [0.15, 0.2) is 17.7 Å². The van der Waals surface area contributed by atoms with Crippen molar-refractivity contribution in [1.29, 1.82) is 0 Å². The maximum absolute atomic E-state index is 12.6. The van der Waals surface area contributed by atoms with E-state index >= 15 is 0 Å². The standard InChI is InChI=1S/C16H20N6O5S2/c1-7-3-10(8(2)28-7)29(25,26)21-4-9-12(23)13(24)16(27-9)22-6-20-11-14(17)18-5-19-15(11)22/h3,5-6,9,12-13,16,21,23-24H,4H2,1-2H3,(H2,17,18,19)/t9-,12-,13-,16-/m1/s1. The number of nitrogens with zero attached hydrogens (tertiary/aromatic N) is 4. The molecule has 29 heavy (non-hydrogen) atoms. The van der Waals surface area contributed by atoms with Crippen LogP contribution in [0.3, 0.4) is 0 Å². The molecule has 1 aliphatic rings. The SMILES string of the molecule is Cc1cc(S(=O)(=O)NC[C@H]2O[C@@H](n3cnc4c(N)ncnc43)[C@H](O)[C@@H]2O)c(C)s1. The van der Waals surface area contributed by atoms with Crippen molar-refractivity contribution in [3.8, 4) is 0 Å². The molecule has 0 saturated carbocycles. The fraction of sp³-hybridized carbons (Fsp3) is 0.438. The number of thiophene rings is 1. The Morgan fingerprint density at radius 1 is 1.28 bits per heavy atom. The maximum atomic E-state index is 12.6. The number of anilines is 1. The summed E-state index contributed by atoms with van der Waals surface area (Å²) in [7, 11) is -3.78. The summed E-state index contributed by atoms with van der Waals surface area (Å²) >= 11 is 1.38. The summed E-state index contributed by atoms with van der Waals surface area (Å²) in [4.78, 5) is 13.8. The molecule has 0 radical (unpaired) electrons. The first-order valence-corrected chi connectivity index (χ1v) is 11.0. The molecule has 1 fully saturated rings. The highest BCUT2D eigenvalue weighted by Crippen LogP contribution is 2.32. The van der Waals surface area contributed by atoms with Crippen LogP contribution in [0.5, 0.6) is 0 Å². The van der Waals surface area contributed by atoms with E-state index in [1.54, 1.807) is 13.0 Å². The Morgan fingerprint density at radius 3 is 2.72 bits per heavy atom. The molecule has 4 atom stereocenters. The van der Waals surface area contributed by atoms with Crippen molar-refractivity contribution in [2.75, 3.05) is 12.3 Å². The zero-order chi connectivity index (χ0) is 20.9. The number of sulfonamides is 1. The smallest absolute Gasteiger partial charge is 0.241 e. The van der Waals surface area contributed by atoms with Gasteiger partial charge >= 0.3 is 0 Å². The van der Waals surface area contributed by atoms with Crippen LogP contribution in [-0.2, 0) is 14.8 Å². The van der Waals surface area contributed by atoms with Gasteiger partial charge < -0.3 is 20.7 Å². The summed E-state index contributed by atoms with van der Waals surface area (Å²) in [6.45, 7) is 3.34. The number of hydrogen-bond donors (Lipinski definition) is 4. The van der Waals surface area contributed by atoms with Gasteiger partial charge in [0.05, 0.1) is 11.2 Å². The Bertz CT molecular complexity index is 1160. The third-order valence-corrected chi connectivity index (χ3v) is 7.40. The largest absolute Gasteiger partial charge is 0.387 e. The number of aliphatic hydroxyl groups excluding tert-OH is 2. The number of ether oxygens (including phenoxy) is 1. The second-order valence-corrected chi connectivity index (χ2v) is 9.95. The van der Waals surface area contributed by atoms with Crippen molar-refractivity contribution < 1.29 is 23.4 Å². The summed E-state index contributed by atoms with van der Waals surface area (Å²) < 4.78 is 34.8. The fourth-order valence-corrected chi connectivity index (χ4v) is 5.93. The second-order valence-electron chi connectivity index (χ2n) is 6.76. The predicted molar refractivity (Wildman–Crippen MR) is 105 cm³/mol. The highest BCUT2D eigenvalue weighted by atomic mass is 32.2. The molecule has 1 aliphatic heterocycles. The third kappa shape index (κ3) is 3.49. The van der Waals surface area contributed by atoms with Crippen LogP contribution >= 0.6 is 11.3 Å². The predicted octanol–water partition coefficient (Wildman–Crippen LogP) is -0.315. The Kier molecular flexibility index (Phi) is 5.04. The van der Waals surface area contributed by atoms with Gasteiger partial charge in [0.2, 0.25) is 10.0 Å². The molecule has 1 saturated heterocycles. The molecule has 0 unspecified atom stereocenters. The number of rotatable bonds is 5. The molecule has 0 aliphatic carbocycles. The van der Waals surface area contributed by atoms with Gasteiger partial charge in [-0.3, -0.25) is 4.57 Å². The number of aromatic nitrogens is 4. The van der Waals surface area contributed by atoms with E-state index in [-0.39, 0.29) is 17.3 Å². The lowest BCUT2D eigenvalue weighted by Gasteiger charge is -2.16. The highest BCUT2D eigenvalue weighted by Gasteiger charge is 2.44. The average molecular weight is 441 g/mol. The van der Waals surface area contributed by atoms with Crippen LogP contribution in [0.4, 0.5) is 5.82 Å². The van der Waals surface area contributed by atoms with Crippen molar-refractivity contribution in [3.05, 3.63) is 28.5 Å². The zero-order valence-electron chi connectivity index (χ0n) is 15.6. The Balaban J connectivity index is 1.53. The fourth-order valence-electron chi connectivity index (χ4n) is 3.33. The minimum Gasteiger partial charge on any atom is -0.387 e. The quantitative estimate of drug-likeness (QED) is 0.416. The average Bonchev–Trinajstić information content (AvgIpc) is 3.32. The summed E-state index contributed by atoms with van der Waals surface area (Å²) in [5.74, 6) is 0.174. The molecule has 11 nitrogen and oxygen atoms in total. The van der Waals surface area contributed by atoms with Crippen LogP contribution in [-0.4, -0.2) is 63.0 Å². The molecule has 13 heteroatoms. The van der Waals surface area contributed by atoms with Gasteiger partial charge in [-0.05, 0) is 19.9 Å². The van der Waals surface area contributed by atoms with Gasteiger partial charge in [-0.2, -0.15) is 0 Å². The van der Waals surface area contributed by atoms with Gasteiger partial charge in [0, 0.05) is 16.3 Å². The van der Waals surface area contributed by atoms with Gasteiger partial charge in [0.1, 0.15) is 30.2 Å². The lowest BCUT2D eigenvalue weighted by atomic mass is 10.1. The van der Waals surface area contributed by atoms with Crippen LogP contribution < -0.4 is 10.5 Å². The van der Waals surface area contributed by atoms with Crippen molar-refractivity contribution in [2.45, 2.75) is 43.3 Å². The van der Waals surface area contributed by atoms with Crippen LogP contribution in [0.2, 0.25) is 0 Å². The van der Waals surface area contributed by atoms with E-state index in [2.05, 4.69) is 19.7 Å². The van der Waals surface area contributed by atoms with Crippen LogP contribution in [0, 0.1) is 13.8 Å². The third-order valence-electron chi connectivity index (χ3n) is 4.76. The van der Waals surface area contributed by atoms with Crippen LogP contribution in [0.1, 0.15) is 16.0 Å². The van der Waals surface area contributed by atoms with Crippen LogP contribution in [0.15, 0.2) is 23.6 Å². The summed E-state index contributed by atoms with van der Waals surface area (Å²) in [5, 5.41) is 20.8. The first kappa shape index (κ1) is 20.1. The number of nitrogens with one attached hydrogen (secondary N) is 1. The monoisotopic (exact) mass is 440 g/mol. The highest BCUT2D eigenvalue weighted by molar-refractivity contribution is 7.89. The van der Waals surface area contributed by atoms with Gasteiger partial charge in [0.25, 0.3) is 0 Å². The Morgan fingerprint density at radius 2 is 2.03 bits per heavy atom. The van der Waals surface area contributed by atoms with Crippen molar-refractivity contribution >= 4 is 38.3 Å². The molecule has 3 aromatic rings. The summed E-state index contributed by atoms with van der Waals surface area (Å²) in [6, 6.07) is 1.59. The molecule has 0 aromatic carbocycles. The van der Waals surface area contributed by atoms with Crippen molar-refractivity contribution in [3.63, 3.8) is 0 Å². The van der Waals surface area contributed by atoms with Gasteiger partial charge in [-0.25, -0.2) is 28.1 Å².